The van der Waals surface area contributed by atoms with Crippen molar-refractivity contribution in [2.45, 2.75) is 25.5 Å². The highest BCUT2D eigenvalue weighted by molar-refractivity contribution is 8.14. The molecule has 0 aromatic heterocycles. The molecule has 1 saturated heterocycles. The highest BCUT2D eigenvalue weighted by Gasteiger charge is 2.33. The second kappa shape index (κ2) is 2.74. The molecule has 2 nitrogen and oxygen atoms in total. The Kier molecular flexibility index (Phi) is 2.14. The van der Waals surface area contributed by atoms with E-state index < -0.39 is 0 Å². The van der Waals surface area contributed by atoms with Gasteiger partial charge in [0, 0.05) is 5.25 Å². The number of thioether (sulfide) groups is 1. The van der Waals surface area contributed by atoms with Gasteiger partial charge in [0.05, 0.1) is 5.92 Å². The van der Waals surface area contributed by atoms with Crippen LogP contribution in [0.2, 0.25) is 0 Å². The molecule has 0 amide bonds. The number of hydrogen-bond acceptors (Lipinski definition) is 3. The maximum absolute atomic E-state index is 11.0. The largest absolute Gasteiger partial charge is 0.299 e. The normalized spacial score (nSPS) is 32.8. The Bertz CT molecular complexity index is 176. The first-order valence-electron chi connectivity index (χ1n) is 3.32. The van der Waals surface area contributed by atoms with E-state index in [-0.39, 0.29) is 16.8 Å². The van der Waals surface area contributed by atoms with E-state index in [1.54, 1.807) is 0 Å². The van der Waals surface area contributed by atoms with Gasteiger partial charge in [-0.15, -0.1) is 0 Å². The molecule has 0 aromatic carbocycles. The minimum absolute atomic E-state index is 0.0156. The minimum atomic E-state index is -0.306. The van der Waals surface area contributed by atoms with Crippen LogP contribution in [0.25, 0.3) is 0 Å². The van der Waals surface area contributed by atoms with E-state index in [2.05, 4.69) is 0 Å². The third kappa shape index (κ3) is 1.40. The molecule has 56 valence electrons. The molecule has 10 heavy (non-hydrogen) atoms. The van der Waals surface area contributed by atoms with Crippen LogP contribution in [0.15, 0.2) is 0 Å². The predicted octanol–water partition coefficient (Wildman–Crippen LogP) is 1.24. The number of carbonyl (C=O) groups excluding carboxylic acids is 2. The fourth-order valence-electron chi connectivity index (χ4n) is 1.09. The van der Waals surface area contributed by atoms with E-state index in [4.69, 9.17) is 0 Å². The number of ketones is 1. The predicted molar refractivity (Wildman–Crippen MR) is 40.8 cm³/mol. The summed E-state index contributed by atoms with van der Waals surface area (Å²) in [5, 5.41) is 0.390. The monoisotopic (exact) mass is 158 g/mol. The lowest BCUT2D eigenvalue weighted by Crippen LogP contribution is -2.13. The second-order valence-electron chi connectivity index (χ2n) is 2.65. The molecule has 3 heteroatoms. The molecule has 2 unspecified atom stereocenters. The summed E-state index contributed by atoms with van der Waals surface area (Å²) < 4.78 is 0. The molecule has 0 saturated carbocycles. The van der Waals surface area contributed by atoms with Gasteiger partial charge in [-0.3, -0.25) is 9.59 Å². The van der Waals surface area contributed by atoms with Crippen LogP contribution in [0.5, 0.6) is 0 Å². The first-order chi connectivity index (χ1) is 4.61. The van der Waals surface area contributed by atoms with Crippen molar-refractivity contribution in [2.24, 2.45) is 5.92 Å². The number of hydrogen-bond donors (Lipinski definition) is 0. The van der Waals surface area contributed by atoms with Crippen LogP contribution in [0.3, 0.4) is 0 Å². The van der Waals surface area contributed by atoms with Crippen molar-refractivity contribution in [3.05, 3.63) is 0 Å². The third-order valence-corrected chi connectivity index (χ3v) is 2.77. The molecular formula is C7H10O2S. The lowest BCUT2D eigenvalue weighted by molar-refractivity contribution is -0.126. The molecule has 0 radical (unpaired) electrons. The summed E-state index contributed by atoms with van der Waals surface area (Å²) >= 11 is 1.30. The number of rotatable bonds is 1. The third-order valence-electron chi connectivity index (χ3n) is 1.66. The zero-order valence-electron chi connectivity index (χ0n) is 6.09. The van der Waals surface area contributed by atoms with E-state index in [1.165, 1.54) is 18.7 Å². The molecular weight excluding hydrogens is 148 g/mol. The quantitative estimate of drug-likeness (QED) is 0.538. The second-order valence-corrected chi connectivity index (χ2v) is 4.09. The zero-order valence-corrected chi connectivity index (χ0v) is 6.90. The maximum atomic E-state index is 11.0. The Labute approximate surface area is 64.4 Å². The van der Waals surface area contributed by atoms with Gasteiger partial charge in [0.25, 0.3) is 0 Å². The number of Topliss-reactive ketones (excluding diaryl/α,β-unsaturated/α-hetero) is 1. The molecule has 0 aromatic rings. The van der Waals surface area contributed by atoms with E-state index in [0.29, 0.717) is 5.25 Å². The van der Waals surface area contributed by atoms with Crippen molar-refractivity contribution >= 4 is 22.7 Å². The van der Waals surface area contributed by atoms with Crippen molar-refractivity contribution in [1.29, 1.82) is 0 Å². The van der Waals surface area contributed by atoms with Crippen molar-refractivity contribution < 1.29 is 9.59 Å². The molecule has 0 bridgehead atoms. The highest BCUT2D eigenvalue weighted by Crippen LogP contribution is 2.32. The lowest BCUT2D eigenvalue weighted by atomic mass is 10.0. The van der Waals surface area contributed by atoms with Gasteiger partial charge < -0.3 is 0 Å². The Morgan fingerprint density at radius 3 is 2.50 bits per heavy atom. The van der Waals surface area contributed by atoms with Gasteiger partial charge in [-0.25, -0.2) is 0 Å². The van der Waals surface area contributed by atoms with Gasteiger partial charge in [-0.2, -0.15) is 0 Å². The van der Waals surface area contributed by atoms with Crippen LogP contribution in [0, 0.1) is 5.92 Å². The maximum Gasteiger partial charge on any atom is 0.199 e. The van der Waals surface area contributed by atoms with Crippen LogP contribution < -0.4 is 0 Å². The Morgan fingerprint density at radius 2 is 2.30 bits per heavy atom. The van der Waals surface area contributed by atoms with E-state index >= 15 is 0 Å². The van der Waals surface area contributed by atoms with Crippen LogP contribution in [-0.2, 0) is 9.59 Å². The summed E-state index contributed by atoms with van der Waals surface area (Å²) in [5.74, 6) is -0.290. The molecule has 1 rings (SSSR count). The summed E-state index contributed by atoms with van der Waals surface area (Å²) in [6.45, 7) is 3.46. The molecule has 1 aliphatic rings. The van der Waals surface area contributed by atoms with Crippen LogP contribution >= 0.6 is 11.8 Å². The first-order valence-corrected chi connectivity index (χ1v) is 4.20. The molecule has 0 N–H and O–H groups in total. The van der Waals surface area contributed by atoms with Gasteiger partial charge >= 0.3 is 0 Å². The molecule has 2 atom stereocenters. The molecule has 1 heterocycles. The van der Waals surface area contributed by atoms with E-state index in [1.807, 2.05) is 6.92 Å². The topological polar surface area (TPSA) is 34.1 Å². The van der Waals surface area contributed by atoms with Crippen molar-refractivity contribution in [2.75, 3.05) is 0 Å². The summed E-state index contributed by atoms with van der Waals surface area (Å²) in [6, 6.07) is 0. The average molecular weight is 158 g/mol. The van der Waals surface area contributed by atoms with Gasteiger partial charge in [0.1, 0.15) is 5.78 Å². The van der Waals surface area contributed by atoms with Crippen molar-refractivity contribution in [1.82, 2.24) is 0 Å². The standard InChI is InChI=1S/C7H10O2S/c1-4-3-6(5(2)8)7(9)10-4/h4,6H,3H2,1-2H3. The van der Waals surface area contributed by atoms with Crippen molar-refractivity contribution in [3.8, 4) is 0 Å². The van der Waals surface area contributed by atoms with Gasteiger partial charge in [-0.05, 0) is 13.3 Å². The van der Waals surface area contributed by atoms with Crippen molar-refractivity contribution in [3.63, 3.8) is 0 Å². The highest BCUT2D eigenvalue weighted by atomic mass is 32.2. The first kappa shape index (κ1) is 7.79. The van der Waals surface area contributed by atoms with Crippen LogP contribution in [0.1, 0.15) is 20.3 Å². The van der Waals surface area contributed by atoms with Crippen LogP contribution in [0.4, 0.5) is 0 Å². The molecule has 1 fully saturated rings. The minimum Gasteiger partial charge on any atom is -0.299 e. The Hall–Kier alpha value is -0.310. The SMILES string of the molecule is CC(=O)C1CC(C)SC1=O. The lowest BCUT2D eigenvalue weighted by Gasteiger charge is -1.98. The van der Waals surface area contributed by atoms with Gasteiger partial charge in [0.2, 0.25) is 0 Å². The molecule has 0 spiro atoms. The van der Waals surface area contributed by atoms with Crippen LogP contribution in [-0.4, -0.2) is 16.1 Å². The van der Waals surface area contributed by atoms with E-state index in [0.717, 1.165) is 6.42 Å². The zero-order chi connectivity index (χ0) is 7.72. The summed E-state index contributed by atoms with van der Waals surface area (Å²) in [5.41, 5.74) is 0. The summed E-state index contributed by atoms with van der Waals surface area (Å²) in [4.78, 5) is 21.7. The Balaban J connectivity index is 2.63. The van der Waals surface area contributed by atoms with Gasteiger partial charge in [-0.1, -0.05) is 18.7 Å². The fourth-order valence-corrected chi connectivity index (χ4v) is 2.20. The average Bonchev–Trinajstić information content (AvgIpc) is 2.10. The fraction of sp³-hybridized carbons (Fsp3) is 0.714. The Morgan fingerprint density at radius 1 is 1.70 bits per heavy atom. The molecule has 1 aliphatic heterocycles. The summed E-state index contributed by atoms with van der Waals surface area (Å²) in [7, 11) is 0. The van der Waals surface area contributed by atoms with E-state index in [9.17, 15) is 9.59 Å². The molecule has 0 aliphatic carbocycles. The smallest absolute Gasteiger partial charge is 0.199 e. The summed E-state index contributed by atoms with van der Waals surface area (Å²) in [6.07, 6.45) is 0.735. The number of carbonyl (C=O) groups is 2. The van der Waals surface area contributed by atoms with Gasteiger partial charge in [0.15, 0.2) is 5.12 Å².